The number of aliphatic hydroxyl groups is 2. The zero-order valence-corrected chi connectivity index (χ0v) is 23.5. The SMILES string of the molecule is COc1ccc(C(O)(O)N2C3CC2CN(c2cnc(-c4cc(OCC5CNCCO5)cn5ncc(C#N)c45)cn2)C3)cn1. The van der Waals surface area contributed by atoms with E-state index < -0.39 is 5.91 Å². The molecule has 4 aliphatic heterocycles. The Kier molecular flexibility index (Phi) is 7.04. The summed E-state index contributed by atoms with van der Waals surface area (Å²) >= 11 is 0. The van der Waals surface area contributed by atoms with Crippen molar-refractivity contribution in [2.75, 3.05) is 51.4 Å². The third kappa shape index (κ3) is 5.01. The molecule has 4 aromatic rings. The molecule has 222 valence electrons. The van der Waals surface area contributed by atoms with Crippen molar-refractivity contribution in [2.45, 2.75) is 30.5 Å². The summed E-state index contributed by atoms with van der Waals surface area (Å²) in [6, 6.07) is 7.10. The van der Waals surface area contributed by atoms with Crippen molar-refractivity contribution in [1.29, 1.82) is 5.26 Å². The highest BCUT2D eigenvalue weighted by Crippen LogP contribution is 2.42. The van der Waals surface area contributed by atoms with Crippen molar-refractivity contribution in [2.24, 2.45) is 0 Å². The van der Waals surface area contributed by atoms with Gasteiger partial charge in [-0.2, -0.15) is 10.4 Å². The molecule has 43 heavy (non-hydrogen) atoms. The van der Waals surface area contributed by atoms with Crippen molar-refractivity contribution >= 4 is 11.3 Å². The average Bonchev–Trinajstić information content (AvgIpc) is 3.47. The third-order valence-corrected chi connectivity index (χ3v) is 8.27. The Labute approximate surface area is 247 Å². The molecular weight excluding hydrogens is 554 g/mol. The van der Waals surface area contributed by atoms with Gasteiger partial charge in [-0.25, -0.2) is 19.4 Å². The molecular formula is C29H31N9O5. The molecule has 3 N–H and O–H groups in total. The predicted octanol–water partition coefficient (Wildman–Crippen LogP) is 0.492. The molecule has 0 saturated carbocycles. The van der Waals surface area contributed by atoms with Gasteiger partial charge in [0.15, 0.2) is 0 Å². The van der Waals surface area contributed by atoms with E-state index in [1.807, 2.05) is 6.07 Å². The smallest absolute Gasteiger partial charge is 0.255 e. The van der Waals surface area contributed by atoms with Gasteiger partial charge in [0.2, 0.25) is 5.88 Å². The van der Waals surface area contributed by atoms with Gasteiger partial charge in [-0.05, 0) is 18.6 Å². The van der Waals surface area contributed by atoms with Gasteiger partial charge in [-0.3, -0.25) is 4.98 Å². The van der Waals surface area contributed by atoms with Gasteiger partial charge in [-0.15, -0.1) is 0 Å². The zero-order chi connectivity index (χ0) is 29.6. The average molecular weight is 586 g/mol. The van der Waals surface area contributed by atoms with Crippen LogP contribution in [0.1, 0.15) is 17.5 Å². The van der Waals surface area contributed by atoms with Gasteiger partial charge in [0, 0.05) is 61.7 Å². The number of methoxy groups -OCH3 is 1. The summed E-state index contributed by atoms with van der Waals surface area (Å²) < 4.78 is 18.5. The molecule has 0 aromatic carbocycles. The van der Waals surface area contributed by atoms with Crippen LogP contribution >= 0.6 is 0 Å². The molecule has 0 spiro atoms. The van der Waals surface area contributed by atoms with E-state index in [9.17, 15) is 15.5 Å². The van der Waals surface area contributed by atoms with Crippen LogP contribution in [0.4, 0.5) is 5.82 Å². The van der Waals surface area contributed by atoms with E-state index in [4.69, 9.17) is 24.2 Å². The number of rotatable bonds is 8. The fraction of sp³-hybridized carbons (Fsp3) is 0.414. The van der Waals surface area contributed by atoms with Gasteiger partial charge in [0.05, 0.1) is 55.3 Å². The summed E-state index contributed by atoms with van der Waals surface area (Å²) in [6.07, 6.45) is 8.87. The van der Waals surface area contributed by atoms with E-state index in [1.54, 1.807) is 40.1 Å². The molecule has 4 fully saturated rings. The monoisotopic (exact) mass is 585 g/mol. The second-order valence-corrected chi connectivity index (χ2v) is 10.9. The lowest BCUT2D eigenvalue weighted by molar-refractivity contribution is -0.328. The lowest BCUT2D eigenvalue weighted by atomic mass is 9.85. The lowest BCUT2D eigenvalue weighted by Crippen LogP contribution is -2.74. The minimum absolute atomic E-state index is 0.0550. The number of nitriles is 1. The Morgan fingerprint density at radius 2 is 2.00 bits per heavy atom. The Balaban J connectivity index is 1.09. The maximum absolute atomic E-state index is 11.0. The topological polar surface area (TPSA) is 166 Å². The van der Waals surface area contributed by atoms with Crippen LogP contribution in [0.25, 0.3) is 16.8 Å². The molecule has 3 unspecified atom stereocenters. The molecule has 2 bridgehead atoms. The summed E-state index contributed by atoms with van der Waals surface area (Å²) in [7, 11) is 1.51. The molecule has 0 amide bonds. The van der Waals surface area contributed by atoms with Crippen LogP contribution in [0, 0.1) is 11.3 Å². The van der Waals surface area contributed by atoms with Crippen molar-refractivity contribution < 1.29 is 24.4 Å². The number of nitrogens with zero attached hydrogens (tertiary/aromatic N) is 8. The van der Waals surface area contributed by atoms with Crippen LogP contribution in [0.15, 0.2) is 49.2 Å². The molecule has 0 aliphatic carbocycles. The molecule has 8 heterocycles. The molecule has 3 atom stereocenters. The van der Waals surface area contributed by atoms with E-state index in [1.165, 1.54) is 19.5 Å². The quantitative estimate of drug-likeness (QED) is 0.245. The number of hydrogen-bond donors (Lipinski definition) is 3. The zero-order valence-electron chi connectivity index (χ0n) is 23.5. The molecule has 4 aromatic heterocycles. The standard InChI is InChI=1S/C29H31N9O5/c1-41-27-3-2-19(10-34-27)29(39,40)38-20-6-21(38)15-36(14-20)26-13-32-25(12-33-26)24-7-22(43-17-23-11-31-4-5-42-23)16-37-28(24)18(8-30)9-35-37/h2-3,7,9-10,12-13,16,20-21,23,31,39-40H,4-6,11,14-15,17H2,1H3. The van der Waals surface area contributed by atoms with Gasteiger partial charge in [0.1, 0.15) is 30.3 Å². The van der Waals surface area contributed by atoms with Crippen LogP contribution < -0.4 is 19.7 Å². The first-order chi connectivity index (χ1) is 20.9. The lowest BCUT2D eigenvalue weighted by Gasteiger charge is -2.60. The van der Waals surface area contributed by atoms with Crippen molar-refractivity contribution in [3.63, 3.8) is 0 Å². The predicted molar refractivity (Wildman–Crippen MR) is 152 cm³/mol. The number of anilines is 1. The largest absolute Gasteiger partial charge is 0.489 e. The number of piperidine rings is 1. The van der Waals surface area contributed by atoms with E-state index >= 15 is 0 Å². The maximum Gasteiger partial charge on any atom is 0.255 e. The van der Waals surface area contributed by atoms with E-state index in [2.05, 4.69) is 26.4 Å². The van der Waals surface area contributed by atoms with Crippen molar-refractivity contribution in [3.8, 4) is 29.0 Å². The van der Waals surface area contributed by atoms with E-state index in [0.717, 1.165) is 13.0 Å². The summed E-state index contributed by atoms with van der Waals surface area (Å²) in [5, 5.41) is 39.4. The Hall–Kier alpha value is -4.39. The molecule has 0 radical (unpaired) electrons. The van der Waals surface area contributed by atoms with Crippen LogP contribution in [-0.2, 0) is 10.6 Å². The van der Waals surface area contributed by atoms with Crippen molar-refractivity contribution in [3.05, 3.63) is 60.3 Å². The van der Waals surface area contributed by atoms with Crippen molar-refractivity contribution in [1.82, 2.24) is 34.8 Å². The second kappa shape index (κ2) is 11.0. The van der Waals surface area contributed by atoms with Crippen LogP contribution in [-0.4, -0.2) is 104 Å². The number of fused-ring (bicyclic) bond motifs is 3. The number of morpholine rings is 1. The molecule has 8 rings (SSSR count). The summed E-state index contributed by atoms with van der Waals surface area (Å²) in [4.78, 5) is 17.4. The number of ether oxygens (including phenoxy) is 3. The molecule has 4 aliphatic rings. The van der Waals surface area contributed by atoms with Gasteiger partial charge in [-0.1, -0.05) is 0 Å². The fourth-order valence-electron chi connectivity index (χ4n) is 6.15. The summed E-state index contributed by atoms with van der Waals surface area (Å²) in [5.74, 6) is -0.476. The van der Waals surface area contributed by atoms with Gasteiger partial charge >= 0.3 is 0 Å². The van der Waals surface area contributed by atoms with Gasteiger partial charge in [0.25, 0.3) is 5.91 Å². The Morgan fingerprint density at radius 1 is 1.14 bits per heavy atom. The maximum atomic E-state index is 11.0. The number of piperazine rings is 1. The Bertz CT molecular complexity index is 1640. The summed E-state index contributed by atoms with van der Waals surface area (Å²) in [6.45, 7) is 3.68. The normalized spacial score (nSPS) is 22.2. The molecule has 4 saturated heterocycles. The highest BCUT2D eigenvalue weighted by molar-refractivity contribution is 5.83. The number of aromatic nitrogens is 5. The Morgan fingerprint density at radius 3 is 2.67 bits per heavy atom. The van der Waals surface area contributed by atoms with E-state index in [0.29, 0.717) is 72.6 Å². The van der Waals surface area contributed by atoms with E-state index in [-0.39, 0.29) is 23.8 Å². The van der Waals surface area contributed by atoms with Crippen LogP contribution in [0.2, 0.25) is 0 Å². The fourth-order valence-corrected chi connectivity index (χ4v) is 6.15. The first-order valence-corrected chi connectivity index (χ1v) is 14.1. The molecule has 14 heteroatoms. The van der Waals surface area contributed by atoms with Gasteiger partial charge < -0.3 is 34.6 Å². The van der Waals surface area contributed by atoms with Crippen LogP contribution in [0.3, 0.4) is 0 Å². The number of pyridine rings is 2. The minimum Gasteiger partial charge on any atom is -0.489 e. The number of hydrogen-bond acceptors (Lipinski definition) is 13. The highest BCUT2D eigenvalue weighted by atomic mass is 16.5. The third-order valence-electron chi connectivity index (χ3n) is 8.27. The molecule has 14 nitrogen and oxygen atoms in total. The highest BCUT2D eigenvalue weighted by Gasteiger charge is 2.54. The first-order valence-electron chi connectivity index (χ1n) is 14.1. The number of nitrogens with one attached hydrogen (secondary N) is 1. The minimum atomic E-state index is -2.14. The second-order valence-electron chi connectivity index (χ2n) is 10.9. The summed E-state index contributed by atoms with van der Waals surface area (Å²) in [5.41, 5.74) is 2.59. The van der Waals surface area contributed by atoms with Crippen LogP contribution in [0.5, 0.6) is 11.6 Å². The first kappa shape index (κ1) is 27.4.